The molecule has 32 heavy (non-hydrogen) atoms. The van der Waals surface area contributed by atoms with Gasteiger partial charge in [0.2, 0.25) is 11.8 Å². The number of ether oxygens (including phenoxy) is 1. The summed E-state index contributed by atoms with van der Waals surface area (Å²) in [6, 6.07) is 4.76. The molecule has 1 aromatic rings. The molecule has 1 aromatic carbocycles. The summed E-state index contributed by atoms with van der Waals surface area (Å²) in [5, 5.41) is 15.2. The van der Waals surface area contributed by atoms with Crippen molar-refractivity contribution in [3.63, 3.8) is 0 Å². The van der Waals surface area contributed by atoms with Crippen LogP contribution in [0.1, 0.15) is 52.6 Å². The molecule has 0 saturated heterocycles. The molecule has 0 fully saturated rings. The number of primary amides is 1. The number of hydrogen-bond donors (Lipinski definition) is 4. The van der Waals surface area contributed by atoms with Gasteiger partial charge in [0.1, 0.15) is 17.4 Å². The van der Waals surface area contributed by atoms with Crippen molar-refractivity contribution in [1.82, 2.24) is 15.5 Å². The van der Waals surface area contributed by atoms with Crippen LogP contribution in [-0.2, 0) is 19.1 Å². The minimum absolute atomic E-state index is 0.0621. The lowest BCUT2D eigenvalue weighted by Crippen LogP contribution is -2.53. The quantitative estimate of drug-likeness (QED) is 0.347. The number of alkyl carbamates (subject to hydrolysis) is 1. The van der Waals surface area contributed by atoms with Gasteiger partial charge in [-0.2, -0.15) is 0 Å². The van der Waals surface area contributed by atoms with E-state index in [0.717, 1.165) is 0 Å². The van der Waals surface area contributed by atoms with E-state index in [1.54, 1.807) is 40.7 Å². The number of benzene rings is 1. The number of terminal acetylenes is 1. The fraction of sp³-hybridized carbons (Fsp3) is 0.455. The third-order valence-corrected chi connectivity index (χ3v) is 3.94. The van der Waals surface area contributed by atoms with E-state index in [1.165, 1.54) is 18.2 Å². The minimum atomic E-state index is -1.50. The first-order chi connectivity index (χ1) is 14.8. The average molecular weight is 447 g/mol. The number of carbonyl (C=O) groups is 4. The van der Waals surface area contributed by atoms with E-state index < -0.39 is 47.9 Å². The molecule has 2 atom stereocenters. The SMILES string of the molecule is C#CN(C(=O)C(CC(N)=O)NC(=O)OC(C)(C)C)C(C(=O)NC(C)C)c1ccccc1O. The van der Waals surface area contributed by atoms with Crippen LogP contribution in [0.3, 0.4) is 0 Å². The number of hydrogen-bond acceptors (Lipinski definition) is 6. The highest BCUT2D eigenvalue weighted by atomic mass is 16.6. The summed E-state index contributed by atoms with van der Waals surface area (Å²) >= 11 is 0. The van der Waals surface area contributed by atoms with Crippen LogP contribution < -0.4 is 16.4 Å². The molecule has 0 aromatic heterocycles. The summed E-state index contributed by atoms with van der Waals surface area (Å²) in [7, 11) is 0. The molecule has 0 aliphatic rings. The van der Waals surface area contributed by atoms with Crippen LogP contribution in [0.25, 0.3) is 0 Å². The van der Waals surface area contributed by atoms with Gasteiger partial charge in [0.05, 0.1) is 6.42 Å². The predicted molar refractivity (Wildman–Crippen MR) is 117 cm³/mol. The molecule has 1 rings (SSSR count). The Bertz CT molecular complexity index is 900. The van der Waals surface area contributed by atoms with Crippen LogP contribution in [-0.4, -0.2) is 51.5 Å². The van der Waals surface area contributed by atoms with Crippen molar-refractivity contribution in [2.75, 3.05) is 0 Å². The molecule has 0 heterocycles. The highest BCUT2D eigenvalue weighted by Crippen LogP contribution is 2.29. The first kappa shape index (κ1) is 26.3. The van der Waals surface area contributed by atoms with E-state index in [2.05, 4.69) is 16.7 Å². The highest BCUT2D eigenvalue weighted by molar-refractivity contribution is 5.95. The van der Waals surface area contributed by atoms with E-state index in [9.17, 15) is 24.3 Å². The van der Waals surface area contributed by atoms with Gasteiger partial charge in [0.25, 0.3) is 5.91 Å². The second kappa shape index (κ2) is 11.0. The summed E-state index contributed by atoms with van der Waals surface area (Å²) in [5.74, 6) is -2.77. The number of nitrogens with zero attached hydrogens (tertiary/aromatic N) is 1. The maximum atomic E-state index is 13.3. The lowest BCUT2D eigenvalue weighted by atomic mass is 10.0. The zero-order valence-corrected chi connectivity index (χ0v) is 18.8. The molecule has 0 bridgehead atoms. The molecular formula is C22H30N4O6. The van der Waals surface area contributed by atoms with Crippen LogP contribution in [0, 0.1) is 12.5 Å². The van der Waals surface area contributed by atoms with Gasteiger partial charge in [-0.3, -0.25) is 19.3 Å². The second-order valence-electron chi connectivity index (χ2n) is 8.33. The number of phenolic OH excluding ortho intramolecular Hbond substituents is 1. The lowest BCUT2D eigenvalue weighted by Gasteiger charge is -2.30. The Balaban J connectivity index is 3.39. The summed E-state index contributed by atoms with van der Waals surface area (Å²) in [6.07, 6.45) is 4.00. The maximum absolute atomic E-state index is 13.3. The Hall–Kier alpha value is -3.74. The lowest BCUT2D eigenvalue weighted by molar-refractivity contribution is -0.139. The summed E-state index contributed by atoms with van der Waals surface area (Å²) in [4.78, 5) is 50.7. The number of nitrogens with one attached hydrogen (secondary N) is 2. The molecule has 10 nitrogen and oxygen atoms in total. The Labute approximate surface area is 187 Å². The fourth-order valence-electron chi connectivity index (χ4n) is 2.76. The van der Waals surface area contributed by atoms with Crippen molar-refractivity contribution in [2.24, 2.45) is 5.73 Å². The third kappa shape index (κ3) is 7.83. The second-order valence-corrected chi connectivity index (χ2v) is 8.33. The topological polar surface area (TPSA) is 151 Å². The molecule has 0 aliphatic heterocycles. The summed E-state index contributed by atoms with van der Waals surface area (Å²) < 4.78 is 5.13. The van der Waals surface area contributed by atoms with Crippen molar-refractivity contribution in [1.29, 1.82) is 0 Å². The van der Waals surface area contributed by atoms with E-state index >= 15 is 0 Å². The monoisotopic (exact) mass is 446 g/mol. The van der Waals surface area contributed by atoms with Gasteiger partial charge in [-0.15, -0.1) is 0 Å². The van der Waals surface area contributed by atoms with Crippen molar-refractivity contribution in [3.8, 4) is 18.2 Å². The standard InChI is InChI=1S/C22H30N4O6/c1-7-26(18(19(29)24-13(2)3)14-10-8-9-11-16(14)27)20(30)15(12-17(23)28)25-21(31)32-22(4,5)6/h1,8-11,13,15,18,27H,12H2,2-6H3,(H2,23,28)(H,24,29)(H,25,31). The number of amides is 4. The van der Waals surface area contributed by atoms with Gasteiger partial charge in [0, 0.05) is 17.6 Å². The van der Waals surface area contributed by atoms with Gasteiger partial charge in [-0.1, -0.05) is 24.6 Å². The first-order valence-electron chi connectivity index (χ1n) is 9.92. The Morgan fingerprint density at radius 2 is 1.78 bits per heavy atom. The van der Waals surface area contributed by atoms with E-state index in [-0.39, 0.29) is 17.4 Å². The molecule has 174 valence electrons. The molecule has 0 spiro atoms. The van der Waals surface area contributed by atoms with Crippen molar-refractivity contribution in [2.45, 2.75) is 64.8 Å². The normalized spacial score (nSPS) is 12.8. The minimum Gasteiger partial charge on any atom is -0.508 e. The molecule has 0 aliphatic carbocycles. The maximum Gasteiger partial charge on any atom is 0.408 e. The number of nitrogens with two attached hydrogens (primary N) is 1. The van der Waals surface area contributed by atoms with Gasteiger partial charge in [0.15, 0.2) is 6.04 Å². The van der Waals surface area contributed by atoms with Gasteiger partial charge in [-0.05, 0) is 40.7 Å². The van der Waals surface area contributed by atoms with Crippen LogP contribution in [0.4, 0.5) is 4.79 Å². The number of para-hydroxylation sites is 1. The molecule has 10 heteroatoms. The molecule has 2 unspecified atom stereocenters. The summed E-state index contributed by atoms with van der Waals surface area (Å²) in [6.45, 7) is 8.28. The van der Waals surface area contributed by atoms with Crippen LogP contribution in [0.5, 0.6) is 5.75 Å². The predicted octanol–water partition coefficient (Wildman–Crippen LogP) is 1.15. The van der Waals surface area contributed by atoms with Crippen LogP contribution in [0.2, 0.25) is 0 Å². The summed E-state index contributed by atoms with van der Waals surface area (Å²) in [5.41, 5.74) is 4.43. The van der Waals surface area contributed by atoms with E-state index in [4.69, 9.17) is 16.9 Å². The molecule has 4 amide bonds. The van der Waals surface area contributed by atoms with Crippen LogP contribution in [0.15, 0.2) is 24.3 Å². The molecule has 0 radical (unpaired) electrons. The van der Waals surface area contributed by atoms with Gasteiger partial charge >= 0.3 is 6.09 Å². The van der Waals surface area contributed by atoms with Gasteiger partial charge in [-0.25, -0.2) is 4.79 Å². The molecular weight excluding hydrogens is 416 g/mol. The van der Waals surface area contributed by atoms with Crippen molar-refractivity contribution < 1.29 is 29.0 Å². The molecule has 0 saturated carbocycles. The molecule has 5 N–H and O–H groups in total. The van der Waals surface area contributed by atoms with Crippen molar-refractivity contribution in [3.05, 3.63) is 29.8 Å². The number of carbonyl (C=O) groups excluding carboxylic acids is 4. The Morgan fingerprint density at radius 3 is 2.25 bits per heavy atom. The Morgan fingerprint density at radius 1 is 1.19 bits per heavy atom. The number of phenols is 1. The zero-order valence-electron chi connectivity index (χ0n) is 18.8. The van der Waals surface area contributed by atoms with E-state index in [1.807, 2.05) is 0 Å². The zero-order chi connectivity index (χ0) is 24.6. The van der Waals surface area contributed by atoms with Crippen LogP contribution >= 0.6 is 0 Å². The third-order valence-electron chi connectivity index (χ3n) is 3.94. The Kier molecular flexibility index (Phi) is 9.07. The van der Waals surface area contributed by atoms with Crippen molar-refractivity contribution >= 4 is 23.8 Å². The highest BCUT2D eigenvalue weighted by Gasteiger charge is 2.37. The van der Waals surface area contributed by atoms with E-state index in [0.29, 0.717) is 4.90 Å². The van der Waals surface area contributed by atoms with Gasteiger partial charge < -0.3 is 26.2 Å². The largest absolute Gasteiger partial charge is 0.508 e. The number of aromatic hydroxyl groups is 1. The fourth-order valence-corrected chi connectivity index (χ4v) is 2.76. The smallest absolute Gasteiger partial charge is 0.408 e. The average Bonchev–Trinajstić information content (AvgIpc) is 2.63. The number of rotatable bonds is 8. The first-order valence-corrected chi connectivity index (χ1v) is 9.92.